The Hall–Kier alpha value is -1.95. The molecule has 1 aliphatic heterocycles. The molecule has 0 aliphatic carbocycles. The summed E-state index contributed by atoms with van der Waals surface area (Å²) in [7, 11) is 0. The highest BCUT2D eigenvalue weighted by atomic mass is 32.1. The largest absolute Gasteiger partial charge is 0.352 e. The number of thiophene rings is 1. The van der Waals surface area contributed by atoms with Crippen LogP contribution in [0.4, 0.5) is 0 Å². The number of amides is 1. The quantitative estimate of drug-likeness (QED) is 0.862. The van der Waals surface area contributed by atoms with E-state index in [2.05, 4.69) is 20.1 Å². The molecule has 116 valence electrons. The number of nitrogens with one attached hydrogen (secondary N) is 1. The van der Waals surface area contributed by atoms with Crippen LogP contribution in [0.25, 0.3) is 6.08 Å². The van der Waals surface area contributed by atoms with Crippen molar-refractivity contribution >= 4 is 23.3 Å². The second-order valence-electron chi connectivity index (χ2n) is 5.38. The number of hydrogen-bond acceptors (Lipinski definition) is 4. The standard InChI is InChI=1S/C16H20N4OS/c21-16(8-7-13-5-4-12-22-13)17-10-9-15-19-18-14-6-2-1-3-11-20(14)15/h4-5,7-8,12H,1-3,6,9-11H2,(H,17,21)/b8-7+. The number of carbonyl (C=O) groups is 1. The van der Waals surface area contributed by atoms with Gasteiger partial charge in [0.2, 0.25) is 5.91 Å². The molecule has 0 radical (unpaired) electrons. The minimum atomic E-state index is -0.0657. The maximum atomic E-state index is 11.8. The molecule has 0 aromatic carbocycles. The van der Waals surface area contributed by atoms with Gasteiger partial charge in [0.05, 0.1) is 0 Å². The van der Waals surface area contributed by atoms with Crippen LogP contribution in [-0.4, -0.2) is 27.2 Å². The number of carbonyl (C=O) groups excluding carboxylic acids is 1. The van der Waals surface area contributed by atoms with E-state index in [1.807, 2.05) is 23.6 Å². The molecule has 0 saturated carbocycles. The molecule has 6 heteroatoms. The third kappa shape index (κ3) is 3.82. The van der Waals surface area contributed by atoms with E-state index in [1.165, 1.54) is 19.3 Å². The summed E-state index contributed by atoms with van der Waals surface area (Å²) < 4.78 is 2.22. The first-order valence-electron chi connectivity index (χ1n) is 7.73. The molecule has 5 nitrogen and oxygen atoms in total. The van der Waals surface area contributed by atoms with Crippen molar-refractivity contribution in [2.24, 2.45) is 0 Å². The van der Waals surface area contributed by atoms with Gasteiger partial charge in [0.15, 0.2) is 0 Å². The minimum absolute atomic E-state index is 0.0657. The summed E-state index contributed by atoms with van der Waals surface area (Å²) in [6.07, 6.45) is 8.80. The highest BCUT2D eigenvalue weighted by molar-refractivity contribution is 7.10. The molecule has 0 unspecified atom stereocenters. The van der Waals surface area contributed by atoms with Gasteiger partial charge in [-0.05, 0) is 30.4 Å². The van der Waals surface area contributed by atoms with E-state index < -0.39 is 0 Å². The summed E-state index contributed by atoms with van der Waals surface area (Å²) in [5, 5.41) is 13.4. The first-order valence-corrected chi connectivity index (χ1v) is 8.61. The molecule has 1 amide bonds. The van der Waals surface area contributed by atoms with Crippen LogP contribution in [0.3, 0.4) is 0 Å². The lowest BCUT2D eigenvalue weighted by Gasteiger charge is -2.07. The SMILES string of the molecule is O=C(/C=C/c1cccs1)NCCc1nnc2n1CCCCC2. The van der Waals surface area contributed by atoms with E-state index in [1.54, 1.807) is 17.4 Å². The molecule has 0 atom stereocenters. The zero-order valence-corrected chi connectivity index (χ0v) is 13.3. The van der Waals surface area contributed by atoms with Gasteiger partial charge in [0.1, 0.15) is 11.6 Å². The van der Waals surface area contributed by atoms with Crippen molar-refractivity contribution in [3.05, 3.63) is 40.1 Å². The molecule has 1 aliphatic rings. The fraction of sp³-hybridized carbons (Fsp3) is 0.438. The molecule has 1 N–H and O–H groups in total. The molecular weight excluding hydrogens is 296 g/mol. The number of rotatable bonds is 5. The van der Waals surface area contributed by atoms with E-state index in [4.69, 9.17) is 0 Å². The monoisotopic (exact) mass is 316 g/mol. The first-order chi connectivity index (χ1) is 10.8. The fourth-order valence-corrected chi connectivity index (χ4v) is 3.25. The molecule has 3 heterocycles. The van der Waals surface area contributed by atoms with E-state index in [0.29, 0.717) is 6.54 Å². The molecule has 22 heavy (non-hydrogen) atoms. The van der Waals surface area contributed by atoms with Crippen molar-refractivity contribution < 1.29 is 4.79 Å². The molecule has 3 rings (SSSR count). The number of hydrogen-bond donors (Lipinski definition) is 1. The van der Waals surface area contributed by atoms with Crippen LogP contribution in [0.2, 0.25) is 0 Å². The van der Waals surface area contributed by atoms with Crippen molar-refractivity contribution in [1.29, 1.82) is 0 Å². The summed E-state index contributed by atoms with van der Waals surface area (Å²) >= 11 is 1.62. The summed E-state index contributed by atoms with van der Waals surface area (Å²) in [6.45, 7) is 1.59. The van der Waals surface area contributed by atoms with Crippen LogP contribution < -0.4 is 5.32 Å². The van der Waals surface area contributed by atoms with Gasteiger partial charge in [0.25, 0.3) is 0 Å². The van der Waals surface area contributed by atoms with Gasteiger partial charge < -0.3 is 9.88 Å². The van der Waals surface area contributed by atoms with Gasteiger partial charge >= 0.3 is 0 Å². The van der Waals surface area contributed by atoms with Crippen LogP contribution in [0.5, 0.6) is 0 Å². The smallest absolute Gasteiger partial charge is 0.244 e. The van der Waals surface area contributed by atoms with Crippen LogP contribution >= 0.6 is 11.3 Å². The van der Waals surface area contributed by atoms with E-state index in [0.717, 1.165) is 35.9 Å². The summed E-state index contributed by atoms with van der Waals surface area (Å²) in [4.78, 5) is 12.9. The van der Waals surface area contributed by atoms with Gasteiger partial charge in [-0.1, -0.05) is 12.5 Å². The topological polar surface area (TPSA) is 59.8 Å². The lowest BCUT2D eigenvalue weighted by atomic mass is 10.2. The zero-order chi connectivity index (χ0) is 15.2. The van der Waals surface area contributed by atoms with Gasteiger partial charge in [-0.25, -0.2) is 0 Å². The van der Waals surface area contributed by atoms with Crippen molar-refractivity contribution in [3.63, 3.8) is 0 Å². The van der Waals surface area contributed by atoms with Gasteiger partial charge in [-0.3, -0.25) is 4.79 Å². The van der Waals surface area contributed by atoms with Gasteiger partial charge in [-0.15, -0.1) is 21.5 Å². The lowest BCUT2D eigenvalue weighted by Crippen LogP contribution is -2.24. The van der Waals surface area contributed by atoms with Crippen molar-refractivity contribution in [2.75, 3.05) is 6.54 Å². The van der Waals surface area contributed by atoms with Crippen LogP contribution in [0.15, 0.2) is 23.6 Å². The Balaban J connectivity index is 1.49. The normalized spacial score (nSPS) is 14.7. The Morgan fingerprint density at radius 3 is 3.18 bits per heavy atom. The Kier molecular flexibility index (Phi) is 5.00. The van der Waals surface area contributed by atoms with Gasteiger partial charge in [-0.2, -0.15) is 0 Å². The molecule has 2 aromatic rings. The molecule has 0 saturated heterocycles. The molecular formula is C16H20N4OS. The number of aryl methyl sites for hydroxylation is 1. The summed E-state index contributed by atoms with van der Waals surface area (Å²) in [6, 6.07) is 3.96. The highest BCUT2D eigenvalue weighted by Crippen LogP contribution is 2.14. The van der Waals surface area contributed by atoms with Crippen molar-refractivity contribution in [1.82, 2.24) is 20.1 Å². The Morgan fingerprint density at radius 2 is 2.32 bits per heavy atom. The molecule has 0 bridgehead atoms. The van der Waals surface area contributed by atoms with E-state index >= 15 is 0 Å². The highest BCUT2D eigenvalue weighted by Gasteiger charge is 2.14. The van der Waals surface area contributed by atoms with Crippen LogP contribution in [0, 0.1) is 0 Å². The van der Waals surface area contributed by atoms with E-state index in [-0.39, 0.29) is 5.91 Å². The predicted molar refractivity (Wildman–Crippen MR) is 87.6 cm³/mol. The van der Waals surface area contributed by atoms with E-state index in [9.17, 15) is 4.79 Å². The number of nitrogens with zero attached hydrogens (tertiary/aromatic N) is 3. The van der Waals surface area contributed by atoms with Crippen LogP contribution in [-0.2, 0) is 24.2 Å². The van der Waals surface area contributed by atoms with Crippen molar-refractivity contribution in [2.45, 2.75) is 38.6 Å². The number of fused-ring (bicyclic) bond motifs is 1. The van der Waals surface area contributed by atoms with Crippen LogP contribution in [0.1, 0.15) is 35.8 Å². The average molecular weight is 316 g/mol. The second kappa shape index (κ2) is 7.35. The average Bonchev–Trinajstić information content (AvgIpc) is 3.11. The Bertz CT molecular complexity index is 645. The Morgan fingerprint density at radius 1 is 1.36 bits per heavy atom. The fourth-order valence-electron chi connectivity index (χ4n) is 2.63. The summed E-state index contributed by atoms with van der Waals surface area (Å²) in [5.74, 6) is 2.01. The third-order valence-corrected chi connectivity index (χ3v) is 4.61. The minimum Gasteiger partial charge on any atom is -0.352 e. The number of aromatic nitrogens is 3. The molecule has 2 aromatic heterocycles. The first kappa shape index (κ1) is 15.0. The maximum Gasteiger partial charge on any atom is 0.244 e. The Labute approximate surface area is 134 Å². The molecule has 0 spiro atoms. The maximum absolute atomic E-state index is 11.8. The lowest BCUT2D eigenvalue weighted by molar-refractivity contribution is -0.116. The van der Waals surface area contributed by atoms with Crippen molar-refractivity contribution in [3.8, 4) is 0 Å². The predicted octanol–water partition coefficient (Wildman–Crippen LogP) is 2.44. The molecule has 0 fully saturated rings. The van der Waals surface area contributed by atoms with Gasteiger partial charge in [0, 0.05) is 36.9 Å². The summed E-state index contributed by atoms with van der Waals surface area (Å²) in [5.41, 5.74) is 0. The zero-order valence-electron chi connectivity index (χ0n) is 12.5. The second-order valence-corrected chi connectivity index (χ2v) is 6.36. The third-order valence-electron chi connectivity index (χ3n) is 3.78.